The molecule has 2 rings (SSSR count). The first-order chi connectivity index (χ1) is 10.2. The van der Waals surface area contributed by atoms with Gasteiger partial charge < -0.3 is 5.32 Å². The summed E-state index contributed by atoms with van der Waals surface area (Å²) in [5, 5.41) is 5.04. The standard InChI is InChI=1S/C17H19ClN2S/c1-3-12-19-17(20-15-8-4-13(2)5-9-15)21-16-10-6-14(18)7-11-16/h4-11H,3,12H2,1-2H3,(H,19,20). The van der Waals surface area contributed by atoms with Crippen LogP contribution in [-0.4, -0.2) is 11.7 Å². The van der Waals surface area contributed by atoms with Crippen molar-refractivity contribution in [3.63, 3.8) is 0 Å². The Hall–Kier alpha value is -1.45. The van der Waals surface area contributed by atoms with E-state index >= 15 is 0 Å². The second kappa shape index (κ2) is 8.11. The fraction of sp³-hybridized carbons (Fsp3) is 0.235. The number of amidine groups is 1. The summed E-state index contributed by atoms with van der Waals surface area (Å²) >= 11 is 7.54. The number of halogens is 1. The number of nitrogens with one attached hydrogen (secondary N) is 1. The summed E-state index contributed by atoms with van der Waals surface area (Å²) in [6.45, 7) is 5.02. The van der Waals surface area contributed by atoms with Crippen molar-refractivity contribution < 1.29 is 0 Å². The van der Waals surface area contributed by atoms with Gasteiger partial charge in [-0.3, -0.25) is 4.99 Å². The third kappa shape index (κ3) is 5.44. The number of rotatable bonds is 4. The SMILES string of the molecule is CCCN=C(Nc1ccc(C)cc1)Sc1ccc(Cl)cc1. The van der Waals surface area contributed by atoms with Gasteiger partial charge in [0.1, 0.15) is 0 Å². The van der Waals surface area contributed by atoms with Gasteiger partial charge in [0.15, 0.2) is 5.17 Å². The van der Waals surface area contributed by atoms with Gasteiger partial charge in [-0.05, 0) is 49.7 Å². The number of hydrogen-bond donors (Lipinski definition) is 1. The van der Waals surface area contributed by atoms with Gasteiger partial charge in [-0.15, -0.1) is 0 Å². The fourth-order valence-corrected chi connectivity index (χ4v) is 2.63. The lowest BCUT2D eigenvalue weighted by molar-refractivity contribution is 0.935. The predicted octanol–water partition coefficient (Wildman–Crippen LogP) is 5.62. The number of anilines is 1. The molecule has 2 nitrogen and oxygen atoms in total. The number of aryl methyl sites for hydroxylation is 1. The third-order valence-corrected chi connectivity index (χ3v) is 3.99. The Morgan fingerprint density at radius 1 is 1.10 bits per heavy atom. The summed E-state index contributed by atoms with van der Waals surface area (Å²) in [6, 6.07) is 16.1. The van der Waals surface area contributed by atoms with Crippen LogP contribution in [0, 0.1) is 6.92 Å². The zero-order chi connectivity index (χ0) is 15.1. The maximum Gasteiger partial charge on any atom is 0.165 e. The maximum atomic E-state index is 5.92. The molecule has 110 valence electrons. The molecule has 0 saturated carbocycles. The molecule has 1 N–H and O–H groups in total. The monoisotopic (exact) mass is 318 g/mol. The lowest BCUT2D eigenvalue weighted by Crippen LogP contribution is -2.08. The average Bonchev–Trinajstić information content (AvgIpc) is 2.49. The van der Waals surface area contributed by atoms with E-state index in [9.17, 15) is 0 Å². The van der Waals surface area contributed by atoms with E-state index in [0.717, 1.165) is 33.7 Å². The molecule has 0 bridgehead atoms. The molecule has 2 aromatic rings. The molecular formula is C17H19ClN2S. The predicted molar refractivity (Wildman–Crippen MR) is 94.7 cm³/mol. The van der Waals surface area contributed by atoms with E-state index in [4.69, 9.17) is 11.6 Å². The van der Waals surface area contributed by atoms with E-state index in [1.807, 2.05) is 24.3 Å². The largest absolute Gasteiger partial charge is 0.335 e. The molecule has 0 fully saturated rings. The zero-order valence-corrected chi connectivity index (χ0v) is 13.8. The molecular weight excluding hydrogens is 300 g/mol. The first kappa shape index (κ1) is 15.9. The summed E-state index contributed by atoms with van der Waals surface area (Å²) in [7, 11) is 0. The van der Waals surface area contributed by atoms with Gasteiger partial charge >= 0.3 is 0 Å². The topological polar surface area (TPSA) is 24.4 Å². The smallest absolute Gasteiger partial charge is 0.165 e. The van der Waals surface area contributed by atoms with Crippen LogP contribution >= 0.6 is 23.4 Å². The Morgan fingerprint density at radius 3 is 2.38 bits per heavy atom. The van der Waals surface area contributed by atoms with Crippen LogP contribution in [0.3, 0.4) is 0 Å². The van der Waals surface area contributed by atoms with Crippen molar-refractivity contribution in [1.29, 1.82) is 0 Å². The lowest BCUT2D eigenvalue weighted by Gasteiger charge is -2.10. The molecule has 21 heavy (non-hydrogen) atoms. The van der Waals surface area contributed by atoms with Crippen molar-refractivity contribution >= 4 is 34.2 Å². The highest BCUT2D eigenvalue weighted by Crippen LogP contribution is 2.23. The minimum Gasteiger partial charge on any atom is -0.335 e. The van der Waals surface area contributed by atoms with E-state index in [-0.39, 0.29) is 0 Å². The molecule has 0 spiro atoms. The molecule has 0 aromatic heterocycles. The first-order valence-corrected chi connectivity index (χ1v) is 8.18. The zero-order valence-electron chi connectivity index (χ0n) is 12.3. The molecule has 0 unspecified atom stereocenters. The van der Waals surface area contributed by atoms with Crippen molar-refractivity contribution in [3.8, 4) is 0 Å². The second-order valence-electron chi connectivity index (χ2n) is 4.73. The minimum absolute atomic E-state index is 0.748. The van der Waals surface area contributed by atoms with E-state index in [2.05, 4.69) is 48.4 Å². The van der Waals surface area contributed by atoms with Crippen LogP contribution in [0.1, 0.15) is 18.9 Å². The number of thioether (sulfide) groups is 1. The van der Waals surface area contributed by atoms with Gasteiger partial charge in [0, 0.05) is 22.2 Å². The van der Waals surface area contributed by atoms with E-state index < -0.39 is 0 Å². The van der Waals surface area contributed by atoms with Gasteiger partial charge in [-0.1, -0.05) is 48.0 Å². The van der Waals surface area contributed by atoms with Crippen LogP contribution in [0.15, 0.2) is 58.4 Å². The van der Waals surface area contributed by atoms with Crippen LogP contribution in [-0.2, 0) is 0 Å². The molecule has 0 saturated heterocycles. The summed E-state index contributed by atoms with van der Waals surface area (Å²) < 4.78 is 0. The number of benzene rings is 2. The molecule has 0 aliphatic rings. The normalized spacial score (nSPS) is 11.5. The third-order valence-electron chi connectivity index (χ3n) is 2.81. The van der Waals surface area contributed by atoms with Crippen molar-refractivity contribution in [3.05, 3.63) is 59.1 Å². The molecule has 0 aliphatic heterocycles. The molecule has 2 aromatic carbocycles. The highest BCUT2D eigenvalue weighted by atomic mass is 35.5. The summed E-state index contributed by atoms with van der Waals surface area (Å²) in [5.41, 5.74) is 2.30. The molecule has 0 atom stereocenters. The second-order valence-corrected chi connectivity index (χ2v) is 6.23. The van der Waals surface area contributed by atoms with Crippen molar-refractivity contribution in [2.24, 2.45) is 4.99 Å². The first-order valence-electron chi connectivity index (χ1n) is 6.99. The highest BCUT2D eigenvalue weighted by Gasteiger charge is 2.03. The van der Waals surface area contributed by atoms with E-state index in [1.165, 1.54) is 5.56 Å². The quantitative estimate of drug-likeness (QED) is 0.449. The maximum absolute atomic E-state index is 5.92. The molecule has 0 aliphatic carbocycles. The Morgan fingerprint density at radius 2 is 1.76 bits per heavy atom. The highest BCUT2D eigenvalue weighted by molar-refractivity contribution is 8.14. The van der Waals surface area contributed by atoms with Crippen molar-refractivity contribution in [2.75, 3.05) is 11.9 Å². The molecule has 0 amide bonds. The molecule has 4 heteroatoms. The Bertz CT molecular complexity index is 542. The van der Waals surface area contributed by atoms with Crippen molar-refractivity contribution in [1.82, 2.24) is 0 Å². The van der Waals surface area contributed by atoms with Gasteiger partial charge in [-0.2, -0.15) is 0 Å². The van der Waals surface area contributed by atoms with E-state index in [0.29, 0.717) is 0 Å². The van der Waals surface area contributed by atoms with Crippen LogP contribution < -0.4 is 5.32 Å². The van der Waals surface area contributed by atoms with Crippen LogP contribution in [0.2, 0.25) is 5.02 Å². The van der Waals surface area contributed by atoms with Gasteiger partial charge in [0.25, 0.3) is 0 Å². The summed E-state index contributed by atoms with van der Waals surface area (Å²) in [5.74, 6) is 0. The Kier molecular flexibility index (Phi) is 6.15. The number of hydrogen-bond acceptors (Lipinski definition) is 2. The average molecular weight is 319 g/mol. The van der Waals surface area contributed by atoms with Gasteiger partial charge in [-0.25, -0.2) is 0 Å². The van der Waals surface area contributed by atoms with Gasteiger partial charge in [0.2, 0.25) is 0 Å². The van der Waals surface area contributed by atoms with Crippen LogP contribution in [0.25, 0.3) is 0 Å². The Labute approximate surface area is 135 Å². The molecule has 0 radical (unpaired) electrons. The van der Waals surface area contributed by atoms with Crippen molar-refractivity contribution in [2.45, 2.75) is 25.2 Å². The number of aliphatic imine (C=N–C) groups is 1. The van der Waals surface area contributed by atoms with E-state index in [1.54, 1.807) is 11.8 Å². The van der Waals surface area contributed by atoms with Crippen LogP contribution in [0.5, 0.6) is 0 Å². The minimum atomic E-state index is 0.748. The summed E-state index contributed by atoms with van der Waals surface area (Å²) in [4.78, 5) is 5.73. The Balaban J connectivity index is 2.10. The fourth-order valence-electron chi connectivity index (χ4n) is 1.69. The van der Waals surface area contributed by atoms with Gasteiger partial charge in [0.05, 0.1) is 0 Å². The molecule has 0 heterocycles. The number of nitrogens with zero attached hydrogens (tertiary/aromatic N) is 1. The van der Waals surface area contributed by atoms with Crippen LogP contribution in [0.4, 0.5) is 5.69 Å². The summed E-state index contributed by atoms with van der Waals surface area (Å²) in [6.07, 6.45) is 1.03. The lowest BCUT2D eigenvalue weighted by atomic mass is 10.2.